The average molecular weight is 400 g/mol. The van der Waals surface area contributed by atoms with Gasteiger partial charge in [-0.15, -0.1) is 0 Å². The Kier molecular flexibility index (Phi) is 6.06. The van der Waals surface area contributed by atoms with Crippen LogP contribution in [0.25, 0.3) is 6.08 Å². The van der Waals surface area contributed by atoms with Crippen molar-refractivity contribution in [2.24, 2.45) is 0 Å². The van der Waals surface area contributed by atoms with E-state index in [-0.39, 0.29) is 17.5 Å². The summed E-state index contributed by atoms with van der Waals surface area (Å²) in [7, 11) is 0. The number of amides is 2. The first-order valence-corrected chi connectivity index (χ1v) is 8.95. The summed E-state index contributed by atoms with van der Waals surface area (Å²) in [5.74, 6) is -1.31. The quantitative estimate of drug-likeness (QED) is 0.616. The van der Waals surface area contributed by atoms with Crippen molar-refractivity contribution in [2.75, 3.05) is 11.9 Å². The van der Waals surface area contributed by atoms with E-state index in [4.69, 9.17) is 16.3 Å². The summed E-state index contributed by atoms with van der Waals surface area (Å²) in [6, 6.07) is 10.2. The first-order valence-electron chi connectivity index (χ1n) is 8.57. The van der Waals surface area contributed by atoms with Crippen LogP contribution >= 0.6 is 11.6 Å². The van der Waals surface area contributed by atoms with Crippen LogP contribution in [0.4, 0.5) is 5.69 Å². The molecule has 7 nitrogen and oxygen atoms in total. The van der Waals surface area contributed by atoms with Crippen molar-refractivity contribution in [1.29, 1.82) is 0 Å². The fourth-order valence-corrected chi connectivity index (χ4v) is 3.11. The van der Waals surface area contributed by atoms with E-state index in [9.17, 15) is 14.4 Å². The fraction of sp³-hybridized carbons (Fsp3) is 0.200. The molecule has 2 aromatic rings. The number of aromatic nitrogens is 1. The van der Waals surface area contributed by atoms with E-state index in [1.165, 1.54) is 18.0 Å². The number of rotatable bonds is 5. The maximum Gasteiger partial charge on any atom is 0.308 e. The molecule has 1 atom stereocenters. The molecule has 1 aromatic heterocycles. The van der Waals surface area contributed by atoms with Gasteiger partial charge in [0.25, 0.3) is 5.91 Å². The summed E-state index contributed by atoms with van der Waals surface area (Å²) in [6.45, 7) is 0.968. The monoisotopic (exact) mass is 399 g/mol. The first-order chi connectivity index (χ1) is 13.5. The molecule has 0 aliphatic carbocycles. The van der Waals surface area contributed by atoms with E-state index in [1.807, 2.05) is 30.3 Å². The van der Waals surface area contributed by atoms with E-state index in [0.717, 1.165) is 11.1 Å². The third-order valence-electron chi connectivity index (χ3n) is 4.23. The molecule has 0 spiro atoms. The second-order valence-electron chi connectivity index (χ2n) is 6.14. The molecular weight excluding hydrogens is 382 g/mol. The minimum atomic E-state index is -0.589. The third-order valence-corrected chi connectivity index (χ3v) is 4.53. The molecule has 0 saturated heterocycles. The van der Waals surface area contributed by atoms with Crippen molar-refractivity contribution in [2.45, 2.75) is 19.4 Å². The number of carbonyl (C=O) groups is 3. The van der Waals surface area contributed by atoms with E-state index >= 15 is 0 Å². The SMILES string of the molecule is CC(=O)N1C=Cc2ccccc2[C@H]1CC(=O)OCC(=O)Nc1cccnc1Cl. The Labute approximate surface area is 167 Å². The van der Waals surface area contributed by atoms with E-state index in [2.05, 4.69) is 10.3 Å². The number of pyridine rings is 1. The standard InChI is InChI=1S/C20H18ClN3O4/c1-13(25)24-10-8-14-5-2-3-6-15(14)17(24)11-19(27)28-12-18(26)23-16-7-4-9-22-20(16)21/h2-10,17H,11-12H2,1H3,(H,23,26)/t17-/m1/s1. The number of ether oxygens (including phenoxy) is 1. The number of hydrogen-bond acceptors (Lipinski definition) is 5. The lowest BCUT2D eigenvalue weighted by Gasteiger charge is -2.32. The predicted molar refractivity (Wildman–Crippen MR) is 104 cm³/mol. The molecule has 0 saturated carbocycles. The molecule has 2 amide bonds. The number of nitrogens with one attached hydrogen (secondary N) is 1. The van der Waals surface area contributed by atoms with Crippen LogP contribution in [0.1, 0.15) is 30.5 Å². The maximum absolute atomic E-state index is 12.3. The normalized spacial score (nSPS) is 14.9. The van der Waals surface area contributed by atoms with Gasteiger partial charge in [0.05, 0.1) is 18.2 Å². The highest BCUT2D eigenvalue weighted by molar-refractivity contribution is 6.32. The Bertz CT molecular complexity index is 945. The van der Waals surface area contributed by atoms with Gasteiger partial charge in [0.2, 0.25) is 5.91 Å². The van der Waals surface area contributed by atoms with Crippen LogP contribution in [0.5, 0.6) is 0 Å². The fourth-order valence-electron chi connectivity index (χ4n) is 2.94. The molecule has 0 fully saturated rings. The summed E-state index contributed by atoms with van der Waals surface area (Å²) in [5.41, 5.74) is 2.12. The summed E-state index contributed by atoms with van der Waals surface area (Å²) in [4.78, 5) is 41.6. The van der Waals surface area contributed by atoms with Crippen molar-refractivity contribution in [3.05, 3.63) is 65.1 Å². The van der Waals surface area contributed by atoms with Gasteiger partial charge in [0.15, 0.2) is 11.8 Å². The molecule has 1 aliphatic rings. The van der Waals surface area contributed by atoms with Gasteiger partial charge in [0, 0.05) is 19.3 Å². The van der Waals surface area contributed by atoms with Crippen LogP contribution in [0.15, 0.2) is 48.8 Å². The van der Waals surface area contributed by atoms with Crippen molar-refractivity contribution in [3.8, 4) is 0 Å². The van der Waals surface area contributed by atoms with Crippen molar-refractivity contribution < 1.29 is 19.1 Å². The van der Waals surface area contributed by atoms with Gasteiger partial charge in [-0.05, 0) is 29.3 Å². The topological polar surface area (TPSA) is 88.6 Å². The van der Waals surface area contributed by atoms with Gasteiger partial charge < -0.3 is 15.0 Å². The molecule has 0 bridgehead atoms. The second-order valence-corrected chi connectivity index (χ2v) is 6.50. The Morgan fingerprint density at radius 2 is 2.00 bits per heavy atom. The Balaban J connectivity index is 1.62. The second kappa shape index (κ2) is 8.67. The summed E-state index contributed by atoms with van der Waals surface area (Å²) in [5, 5.41) is 2.67. The van der Waals surface area contributed by atoms with Crippen LogP contribution in [0.3, 0.4) is 0 Å². The van der Waals surface area contributed by atoms with Crippen LogP contribution in [0, 0.1) is 0 Å². The van der Waals surface area contributed by atoms with Crippen molar-refractivity contribution in [3.63, 3.8) is 0 Å². The van der Waals surface area contributed by atoms with Gasteiger partial charge in [-0.1, -0.05) is 35.9 Å². The minimum absolute atomic E-state index is 0.0676. The zero-order valence-electron chi connectivity index (χ0n) is 15.1. The lowest BCUT2D eigenvalue weighted by atomic mass is 9.94. The number of carbonyl (C=O) groups excluding carboxylic acids is 3. The zero-order valence-corrected chi connectivity index (χ0v) is 15.8. The Morgan fingerprint density at radius 1 is 1.21 bits per heavy atom. The molecule has 28 heavy (non-hydrogen) atoms. The molecule has 1 aliphatic heterocycles. The number of fused-ring (bicyclic) bond motifs is 1. The molecule has 8 heteroatoms. The molecular formula is C20H18ClN3O4. The lowest BCUT2D eigenvalue weighted by Crippen LogP contribution is -2.33. The van der Waals surface area contributed by atoms with Crippen molar-refractivity contribution >= 4 is 41.1 Å². The number of halogens is 1. The Morgan fingerprint density at radius 3 is 2.75 bits per heavy atom. The number of esters is 1. The van der Waals surface area contributed by atoms with Crippen LogP contribution in [-0.4, -0.2) is 34.3 Å². The molecule has 1 aromatic carbocycles. The van der Waals surface area contributed by atoms with Gasteiger partial charge in [-0.2, -0.15) is 0 Å². The van der Waals surface area contributed by atoms with Crippen LogP contribution in [0.2, 0.25) is 5.15 Å². The van der Waals surface area contributed by atoms with Gasteiger partial charge >= 0.3 is 5.97 Å². The van der Waals surface area contributed by atoms with Gasteiger partial charge in [-0.3, -0.25) is 14.4 Å². The Hall–Kier alpha value is -3.19. The highest BCUT2D eigenvalue weighted by Crippen LogP contribution is 2.33. The van der Waals surface area contributed by atoms with Gasteiger partial charge in [-0.25, -0.2) is 4.98 Å². The number of anilines is 1. The summed E-state index contributed by atoms with van der Waals surface area (Å²) >= 11 is 5.88. The van der Waals surface area contributed by atoms with E-state index in [0.29, 0.717) is 5.69 Å². The molecule has 1 N–H and O–H groups in total. The molecule has 3 rings (SSSR count). The predicted octanol–water partition coefficient (Wildman–Crippen LogP) is 3.18. The molecule has 0 radical (unpaired) electrons. The molecule has 144 valence electrons. The van der Waals surface area contributed by atoms with E-state index < -0.39 is 24.5 Å². The van der Waals surface area contributed by atoms with Crippen molar-refractivity contribution in [1.82, 2.24) is 9.88 Å². The zero-order chi connectivity index (χ0) is 20.1. The minimum Gasteiger partial charge on any atom is -0.455 e. The van der Waals surface area contributed by atoms with Gasteiger partial charge in [0.1, 0.15) is 0 Å². The largest absolute Gasteiger partial charge is 0.455 e. The highest BCUT2D eigenvalue weighted by Gasteiger charge is 2.28. The summed E-state index contributed by atoms with van der Waals surface area (Å²) in [6.07, 6.45) is 4.90. The van der Waals surface area contributed by atoms with E-state index in [1.54, 1.807) is 18.3 Å². The first kappa shape index (κ1) is 19.6. The number of benzene rings is 1. The number of nitrogens with zero attached hydrogens (tertiary/aromatic N) is 2. The maximum atomic E-state index is 12.3. The molecule has 0 unspecified atom stereocenters. The smallest absolute Gasteiger partial charge is 0.308 e. The van der Waals surface area contributed by atoms with Crippen LogP contribution in [-0.2, 0) is 19.1 Å². The average Bonchev–Trinajstić information content (AvgIpc) is 2.68. The molecule has 2 heterocycles. The summed E-state index contributed by atoms with van der Waals surface area (Å²) < 4.78 is 5.09. The highest BCUT2D eigenvalue weighted by atomic mass is 35.5. The van der Waals surface area contributed by atoms with Crippen LogP contribution < -0.4 is 5.32 Å². The third kappa shape index (κ3) is 4.55. The number of hydrogen-bond donors (Lipinski definition) is 1. The lowest BCUT2D eigenvalue weighted by molar-refractivity contribution is -0.149.